The van der Waals surface area contributed by atoms with Crippen molar-refractivity contribution >= 4 is 0 Å². The van der Waals surface area contributed by atoms with Crippen LogP contribution in [0.25, 0.3) is 0 Å². The third kappa shape index (κ3) is 10.0. The third-order valence-electron chi connectivity index (χ3n) is 11.2. The molecule has 0 nitrogen and oxygen atoms in total. The van der Waals surface area contributed by atoms with Crippen molar-refractivity contribution in [3.05, 3.63) is 35.4 Å². The molecule has 0 aromatic heterocycles. The molecule has 3 aliphatic rings. The lowest BCUT2D eigenvalue weighted by Gasteiger charge is -2.32. The second-order valence-electron chi connectivity index (χ2n) is 14.0. The molecular weight excluding hydrogens is 444 g/mol. The summed E-state index contributed by atoms with van der Waals surface area (Å²) in [4.78, 5) is 0. The summed E-state index contributed by atoms with van der Waals surface area (Å²) in [6.45, 7) is 4.67. The molecule has 37 heavy (non-hydrogen) atoms. The predicted molar refractivity (Wildman–Crippen MR) is 163 cm³/mol. The molecule has 1 aromatic rings. The molecule has 0 unspecified atom stereocenters. The molecule has 0 heterocycles. The number of aryl methyl sites for hydroxylation is 1. The highest BCUT2D eigenvalue weighted by atomic mass is 14.3. The van der Waals surface area contributed by atoms with Gasteiger partial charge in [-0.15, -0.1) is 0 Å². The zero-order chi connectivity index (χ0) is 25.7. The summed E-state index contributed by atoms with van der Waals surface area (Å²) in [6.07, 6.45) is 34.0. The normalized spacial score (nSPS) is 30.9. The Morgan fingerprint density at radius 2 is 0.892 bits per heavy atom. The van der Waals surface area contributed by atoms with E-state index in [1.165, 1.54) is 109 Å². The minimum atomic E-state index is 0.836. The maximum absolute atomic E-state index is 2.49. The summed E-state index contributed by atoms with van der Waals surface area (Å²) in [5.41, 5.74) is 3.22. The highest BCUT2D eigenvalue weighted by molar-refractivity contribution is 5.26. The van der Waals surface area contributed by atoms with E-state index in [2.05, 4.69) is 38.1 Å². The molecule has 3 fully saturated rings. The summed E-state index contributed by atoms with van der Waals surface area (Å²) < 4.78 is 0. The van der Waals surface area contributed by atoms with Crippen LogP contribution in [0.4, 0.5) is 0 Å². The number of hydrogen-bond donors (Lipinski definition) is 0. The van der Waals surface area contributed by atoms with E-state index in [9.17, 15) is 0 Å². The number of hydrogen-bond acceptors (Lipinski definition) is 0. The van der Waals surface area contributed by atoms with Gasteiger partial charge in [-0.1, -0.05) is 147 Å². The summed E-state index contributed by atoms with van der Waals surface area (Å²) in [5.74, 6) is 6.04. The Labute approximate surface area is 232 Å². The molecule has 4 rings (SSSR count). The monoisotopic (exact) mass is 506 g/mol. The van der Waals surface area contributed by atoms with E-state index < -0.39 is 0 Å². The number of benzene rings is 1. The van der Waals surface area contributed by atoms with Crippen molar-refractivity contribution in [3.63, 3.8) is 0 Å². The summed E-state index contributed by atoms with van der Waals surface area (Å²) >= 11 is 0. The van der Waals surface area contributed by atoms with Crippen molar-refractivity contribution in [2.75, 3.05) is 0 Å². The third-order valence-corrected chi connectivity index (χ3v) is 11.2. The zero-order valence-electron chi connectivity index (χ0n) is 25.0. The zero-order valence-corrected chi connectivity index (χ0v) is 25.0. The second kappa shape index (κ2) is 16.4. The van der Waals surface area contributed by atoms with E-state index in [4.69, 9.17) is 0 Å². The van der Waals surface area contributed by atoms with Crippen LogP contribution in [-0.2, 0) is 6.42 Å². The van der Waals surface area contributed by atoms with E-state index in [0.29, 0.717) is 0 Å². The molecule has 3 aliphatic carbocycles. The van der Waals surface area contributed by atoms with E-state index in [1.807, 2.05) is 0 Å². The van der Waals surface area contributed by atoms with Gasteiger partial charge in [0.15, 0.2) is 0 Å². The molecule has 210 valence electrons. The SMILES string of the molecule is CCCCC[C@H]1CC[C@H](c2ccc(CC[C@H]3CC[C@H](CC[C@H]4CC[C@H](CCCC)CC4)CC3)cc2)CC1. The lowest BCUT2D eigenvalue weighted by atomic mass is 9.74. The summed E-state index contributed by atoms with van der Waals surface area (Å²) in [7, 11) is 0. The average Bonchev–Trinajstić information content (AvgIpc) is 2.96. The largest absolute Gasteiger partial charge is 0.0654 e. The number of unbranched alkanes of at least 4 members (excludes halogenated alkanes) is 3. The predicted octanol–water partition coefficient (Wildman–Crippen LogP) is 12.1. The Morgan fingerprint density at radius 3 is 1.41 bits per heavy atom. The smallest absolute Gasteiger partial charge is 0.0162 e. The quantitative estimate of drug-likeness (QED) is 0.220. The molecule has 0 spiro atoms. The second-order valence-corrected chi connectivity index (χ2v) is 14.0. The van der Waals surface area contributed by atoms with Crippen molar-refractivity contribution in [3.8, 4) is 0 Å². The summed E-state index contributed by atoms with van der Waals surface area (Å²) in [5, 5.41) is 0. The molecule has 0 radical (unpaired) electrons. The first-order valence-electron chi connectivity index (χ1n) is 17.3. The molecule has 1 aromatic carbocycles. The van der Waals surface area contributed by atoms with Gasteiger partial charge in [0.2, 0.25) is 0 Å². The van der Waals surface area contributed by atoms with Crippen molar-refractivity contribution in [2.24, 2.45) is 29.6 Å². The number of rotatable bonds is 14. The van der Waals surface area contributed by atoms with Crippen LogP contribution < -0.4 is 0 Å². The minimum absolute atomic E-state index is 0.836. The van der Waals surface area contributed by atoms with Crippen LogP contribution in [0.15, 0.2) is 24.3 Å². The standard InChI is InChI=1S/C37H62/c1-3-5-7-9-31-22-26-36(27-23-31)37-28-24-35(25-29-37)21-20-34-18-16-33(17-19-34)15-14-32-12-10-30(11-13-32)8-6-4-2/h24-25,28-34,36H,3-23,26-27H2,1-2H3/t30-,31-,32-,33-,34-,36-. The van der Waals surface area contributed by atoms with Crippen LogP contribution in [0.2, 0.25) is 0 Å². The molecule has 0 aliphatic heterocycles. The van der Waals surface area contributed by atoms with Crippen LogP contribution in [0, 0.1) is 29.6 Å². The topological polar surface area (TPSA) is 0 Å². The van der Waals surface area contributed by atoms with Gasteiger partial charge >= 0.3 is 0 Å². The van der Waals surface area contributed by atoms with Crippen molar-refractivity contribution in [1.29, 1.82) is 0 Å². The van der Waals surface area contributed by atoms with Gasteiger partial charge < -0.3 is 0 Å². The highest BCUT2D eigenvalue weighted by Crippen LogP contribution is 2.40. The highest BCUT2D eigenvalue weighted by Gasteiger charge is 2.25. The van der Waals surface area contributed by atoms with Gasteiger partial charge in [0, 0.05) is 0 Å². The van der Waals surface area contributed by atoms with Crippen molar-refractivity contribution < 1.29 is 0 Å². The molecule has 3 saturated carbocycles. The first kappa shape index (κ1) is 29.2. The molecule has 0 atom stereocenters. The maximum Gasteiger partial charge on any atom is -0.0162 e. The van der Waals surface area contributed by atoms with E-state index in [1.54, 1.807) is 49.7 Å². The summed E-state index contributed by atoms with van der Waals surface area (Å²) in [6, 6.07) is 9.94. The van der Waals surface area contributed by atoms with Crippen LogP contribution in [0.1, 0.15) is 172 Å². The lowest BCUT2D eigenvalue weighted by Crippen LogP contribution is -2.18. The minimum Gasteiger partial charge on any atom is -0.0654 e. The van der Waals surface area contributed by atoms with Gasteiger partial charge in [0.1, 0.15) is 0 Å². The molecular formula is C37H62. The Bertz CT molecular complexity index is 692. The van der Waals surface area contributed by atoms with E-state index in [0.717, 1.165) is 35.5 Å². The van der Waals surface area contributed by atoms with Gasteiger partial charge in [-0.25, -0.2) is 0 Å². The molecule has 0 bridgehead atoms. The van der Waals surface area contributed by atoms with E-state index in [-0.39, 0.29) is 0 Å². The fourth-order valence-corrected chi connectivity index (χ4v) is 8.38. The van der Waals surface area contributed by atoms with E-state index >= 15 is 0 Å². The Hall–Kier alpha value is -0.780. The lowest BCUT2D eigenvalue weighted by molar-refractivity contribution is 0.209. The van der Waals surface area contributed by atoms with Gasteiger partial charge in [-0.05, 0) is 85.2 Å². The fourth-order valence-electron chi connectivity index (χ4n) is 8.38. The van der Waals surface area contributed by atoms with Crippen LogP contribution in [0.3, 0.4) is 0 Å². The Morgan fingerprint density at radius 1 is 0.459 bits per heavy atom. The Balaban J connectivity index is 1.06. The molecule has 0 amide bonds. The van der Waals surface area contributed by atoms with Gasteiger partial charge in [-0.2, -0.15) is 0 Å². The first-order chi connectivity index (χ1) is 18.2. The molecule has 0 N–H and O–H groups in total. The molecule has 0 heteroatoms. The Kier molecular flexibility index (Phi) is 12.9. The van der Waals surface area contributed by atoms with Gasteiger partial charge in [0.05, 0.1) is 0 Å². The fraction of sp³-hybridized carbons (Fsp3) is 0.838. The van der Waals surface area contributed by atoms with Gasteiger partial charge in [-0.3, -0.25) is 0 Å². The maximum atomic E-state index is 2.49. The van der Waals surface area contributed by atoms with Crippen molar-refractivity contribution in [2.45, 2.75) is 167 Å². The van der Waals surface area contributed by atoms with Crippen molar-refractivity contribution in [1.82, 2.24) is 0 Å². The van der Waals surface area contributed by atoms with Crippen LogP contribution in [-0.4, -0.2) is 0 Å². The van der Waals surface area contributed by atoms with Gasteiger partial charge in [0.25, 0.3) is 0 Å². The molecule has 0 saturated heterocycles. The first-order valence-corrected chi connectivity index (χ1v) is 17.3. The van der Waals surface area contributed by atoms with Crippen LogP contribution >= 0.6 is 0 Å². The average molecular weight is 507 g/mol. The van der Waals surface area contributed by atoms with Crippen LogP contribution in [0.5, 0.6) is 0 Å².